The minimum atomic E-state index is -0.0371. The topological polar surface area (TPSA) is 39.1 Å². The molecule has 15 heavy (non-hydrogen) atoms. The van der Waals surface area contributed by atoms with Crippen molar-refractivity contribution in [2.75, 3.05) is 20.1 Å². The molecule has 3 heteroatoms. The fraction of sp³-hybridized carbons (Fsp3) is 0.917. The van der Waals surface area contributed by atoms with Crippen molar-refractivity contribution in [2.45, 2.75) is 39.3 Å². The Labute approximate surface area is 93.5 Å². The third kappa shape index (κ3) is 3.19. The molecule has 3 nitrogen and oxygen atoms in total. The van der Waals surface area contributed by atoms with Crippen molar-refractivity contribution in [2.24, 2.45) is 11.8 Å². The summed E-state index contributed by atoms with van der Waals surface area (Å²) in [6.45, 7) is 8.87. The predicted molar refractivity (Wildman–Crippen MR) is 62.4 cm³/mol. The minimum Gasteiger partial charge on any atom is -0.304 e. The van der Waals surface area contributed by atoms with E-state index in [0.29, 0.717) is 6.04 Å². The van der Waals surface area contributed by atoms with Gasteiger partial charge < -0.3 is 5.32 Å². The zero-order chi connectivity index (χ0) is 11.4. The van der Waals surface area contributed by atoms with Crippen molar-refractivity contribution in [1.29, 1.82) is 5.26 Å². The van der Waals surface area contributed by atoms with Gasteiger partial charge in [0.05, 0.1) is 6.07 Å². The maximum atomic E-state index is 8.94. The number of likely N-dealkylation sites (tertiary alicyclic amines) is 1. The quantitative estimate of drug-likeness (QED) is 0.765. The van der Waals surface area contributed by atoms with Gasteiger partial charge in [-0.15, -0.1) is 0 Å². The molecule has 4 unspecified atom stereocenters. The number of likely N-dealkylation sites (N-methyl/N-ethyl adjacent to an activating group) is 1. The number of hydrogen-bond acceptors (Lipinski definition) is 3. The largest absolute Gasteiger partial charge is 0.304 e. The van der Waals surface area contributed by atoms with Crippen LogP contribution in [0.4, 0.5) is 0 Å². The summed E-state index contributed by atoms with van der Waals surface area (Å²) in [6, 6.07) is 2.86. The van der Waals surface area contributed by atoms with Crippen LogP contribution in [0.2, 0.25) is 0 Å². The predicted octanol–water partition coefficient (Wildman–Crippen LogP) is 1.46. The van der Waals surface area contributed by atoms with E-state index in [-0.39, 0.29) is 6.04 Å². The molecule has 1 N–H and O–H groups in total. The minimum absolute atomic E-state index is 0.0371. The molecule has 0 bridgehead atoms. The molecule has 0 aromatic rings. The van der Waals surface area contributed by atoms with E-state index >= 15 is 0 Å². The SMILES string of the molecule is CNC(C#N)CN1CC(C)CC(C)C1C. The Morgan fingerprint density at radius 1 is 1.47 bits per heavy atom. The number of hydrogen-bond donors (Lipinski definition) is 1. The van der Waals surface area contributed by atoms with Crippen molar-refractivity contribution in [3.8, 4) is 6.07 Å². The highest BCUT2D eigenvalue weighted by atomic mass is 15.2. The molecule has 0 amide bonds. The van der Waals surface area contributed by atoms with Crippen LogP contribution in [0.25, 0.3) is 0 Å². The molecule has 4 atom stereocenters. The molecule has 1 rings (SSSR count). The summed E-state index contributed by atoms with van der Waals surface area (Å²) in [4.78, 5) is 2.45. The zero-order valence-corrected chi connectivity index (χ0v) is 10.3. The van der Waals surface area contributed by atoms with E-state index < -0.39 is 0 Å². The van der Waals surface area contributed by atoms with Crippen LogP contribution >= 0.6 is 0 Å². The van der Waals surface area contributed by atoms with Gasteiger partial charge in [0, 0.05) is 19.1 Å². The van der Waals surface area contributed by atoms with Gasteiger partial charge in [0.2, 0.25) is 0 Å². The van der Waals surface area contributed by atoms with E-state index in [4.69, 9.17) is 5.26 Å². The molecule has 1 heterocycles. The molecule has 0 aliphatic carbocycles. The van der Waals surface area contributed by atoms with Crippen LogP contribution < -0.4 is 5.32 Å². The smallest absolute Gasteiger partial charge is 0.108 e. The summed E-state index contributed by atoms with van der Waals surface area (Å²) in [7, 11) is 1.86. The number of nitriles is 1. The second kappa shape index (κ2) is 5.48. The summed E-state index contributed by atoms with van der Waals surface area (Å²) in [5.74, 6) is 1.50. The average molecular weight is 209 g/mol. The highest BCUT2D eigenvalue weighted by Crippen LogP contribution is 2.26. The second-order valence-electron chi connectivity index (χ2n) is 4.98. The van der Waals surface area contributed by atoms with Crippen LogP contribution in [0.5, 0.6) is 0 Å². The summed E-state index contributed by atoms with van der Waals surface area (Å²) >= 11 is 0. The first-order valence-corrected chi connectivity index (χ1v) is 5.89. The fourth-order valence-electron chi connectivity index (χ4n) is 2.50. The molecule has 0 aromatic heterocycles. The van der Waals surface area contributed by atoms with Crippen molar-refractivity contribution >= 4 is 0 Å². The standard InChI is InChI=1S/C12H23N3/c1-9-5-10(2)11(3)15(7-9)8-12(6-13)14-4/h9-12,14H,5,7-8H2,1-4H3. The van der Waals surface area contributed by atoms with Gasteiger partial charge in [-0.25, -0.2) is 0 Å². The molecule has 1 aliphatic rings. The molecule has 0 aromatic carbocycles. The molecule has 86 valence electrons. The van der Waals surface area contributed by atoms with Crippen LogP contribution in [0.1, 0.15) is 27.2 Å². The Balaban J connectivity index is 2.56. The van der Waals surface area contributed by atoms with E-state index in [1.807, 2.05) is 7.05 Å². The number of piperidine rings is 1. The Hall–Kier alpha value is -0.590. The van der Waals surface area contributed by atoms with E-state index in [0.717, 1.165) is 24.9 Å². The zero-order valence-electron chi connectivity index (χ0n) is 10.3. The fourth-order valence-corrected chi connectivity index (χ4v) is 2.50. The molecule has 0 saturated carbocycles. The monoisotopic (exact) mass is 209 g/mol. The third-order valence-electron chi connectivity index (χ3n) is 3.64. The Kier molecular flexibility index (Phi) is 4.56. The number of nitrogens with one attached hydrogen (secondary N) is 1. The molecular weight excluding hydrogens is 186 g/mol. The van der Waals surface area contributed by atoms with Crippen molar-refractivity contribution in [1.82, 2.24) is 10.2 Å². The van der Waals surface area contributed by atoms with Gasteiger partial charge in [-0.05, 0) is 32.2 Å². The lowest BCUT2D eigenvalue weighted by Gasteiger charge is -2.41. The van der Waals surface area contributed by atoms with Crippen molar-refractivity contribution in [3.63, 3.8) is 0 Å². The first-order valence-electron chi connectivity index (χ1n) is 5.89. The molecule has 0 spiro atoms. The number of rotatable bonds is 3. The maximum Gasteiger partial charge on any atom is 0.108 e. The van der Waals surface area contributed by atoms with Crippen molar-refractivity contribution < 1.29 is 0 Å². The van der Waals surface area contributed by atoms with Gasteiger partial charge in [0.25, 0.3) is 0 Å². The summed E-state index contributed by atoms with van der Waals surface area (Å²) < 4.78 is 0. The van der Waals surface area contributed by atoms with Crippen LogP contribution in [-0.4, -0.2) is 37.1 Å². The Morgan fingerprint density at radius 3 is 2.67 bits per heavy atom. The van der Waals surface area contributed by atoms with Gasteiger partial charge in [-0.3, -0.25) is 4.90 Å². The van der Waals surface area contributed by atoms with Gasteiger partial charge >= 0.3 is 0 Å². The first kappa shape index (κ1) is 12.5. The van der Waals surface area contributed by atoms with E-state index in [9.17, 15) is 0 Å². The number of nitrogens with zero attached hydrogens (tertiary/aromatic N) is 2. The average Bonchev–Trinajstić information content (AvgIpc) is 2.21. The van der Waals surface area contributed by atoms with Crippen LogP contribution in [0.3, 0.4) is 0 Å². The van der Waals surface area contributed by atoms with Crippen LogP contribution in [0, 0.1) is 23.2 Å². The Morgan fingerprint density at radius 2 is 2.13 bits per heavy atom. The molecule has 1 fully saturated rings. The maximum absolute atomic E-state index is 8.94. The van der Waals surface area contributed by atoms with Crippen LogP contribution in [-0.2, 0) is 0 Å². The van der Waals surface area contributed by atoms with E-state index in [1.54, 1.807) is 0 Å². The lowest BCUT2D eigenvalue weighted by Crippen LogP contribution is -2.50. The highest BCUT2D eigenvalue weighted by molar-refractivity contribution is 4.94. The molecular formula is C12H23N3. The molecule has 1 saturated heterocycles. The van der Waals surface area contributed by atoms with Gasteiger partial charge in [0.1, 0.15) is 6.04 Å². The van der Waals surface area contributed by atoms with E-state index in [2.05, 4.69) is 37.1 Å². The second-order valence-corrected chi connectivity index (χ2v) is 4.98. The highest BCUT2D eigenvalue weighted by Gasteiger charge is 2.29. The van der Waals surface area contributed by atoms with Gasteiger partial charge in [-0.2, -0.15) is 5.26 Å². The van der Waals surface area contributed by atoms with Gasteiger partial charge in [0.15, 0.2) is 0 Å². The molecule has 0 radical (unpaired) electrons. The van der Waals surface area contributed by atoms with E-state index in [1.165, 1.54) is 6.42 Å². The summed E-state index contributed by atoms with van der Waals surface area (Å²) in [5, 5.41) is 12.0. The van der Waals surface area contributed by atoms with Gasteiger partial charge in [-0.1, -0.05) is 13.8 Å². The summed E-state index contributed by atoms with van der Waals surface area (Å²) in [5.41, 5.74) is 0. The van der Waals surface area contributed by atoms with Crippen LogP contribution in [0.15, 0.2) is 0 Å². The van der Waals surface area contributed by atoms with Crippen molar-refractivity contribution in [3.05, 3.63) is 0 Å². The summed E-state index contributed by atoms with van der Waals surface area (Å²) in [6.07, 6.45) is 1.31. The lowest BCUT2D eigenvalue weighted by molar-refractivity contribution is 0.0760. The Bertz CT molecular complexity index is 234. The first-order chi connectivity index (χ1) is 7.08. The normalized spacial score (nSPS) is 34.7. The third-order valence-corrected chi connectivity index (χ3v) is 3.64. The molecule has 1 aliphatic heterocycles. The lowest BCUT2D eigenvalue weighted by atomic mass is 9.86.